The summed E-state index contributed by atoms with van der Waals surface area (Å²) in [6, 6.07) is 11.7. The van der Waals surface area contributed by atoms with Gasteiger partial charge in [-0.3, -0.25) is 9.59 Å². The molecule has 3 aromatic rings. The molecule has 4 atom stereocenters. The predicted octanol–water partition coefficient (Wildman–Crippen LogP) is 3.34. The van der Waals surface area contributed by atoms with Gasteiger partial charge in [-0.05, 0) is 67.0 Å². The standard InChI is InChI=1S/C30H38FN3O7S/c1-17(2)27-26(30(41)32-24(16-35)28(40)18-6-10-23(42-3)11-7-18)33-29(19-4-8-20(31)9-5-19)34(27)13-12-21(36)14-22(37)15-25(38)39/h4-11,17,21-22,24,28,35-37,40H,12-16H2,1-3H3,(H,32,41)(H,38,39)/t21-,22-,24+,28-/m1/s1. The number of imidazole rings is 1. The summed E-state index contributed by atoms with van der Waals surface area (Å²) in [5.74, 6) is -2.15. The van der Waals surface area contributed by atoms with Gasteiger partial charge in [-0.2, -0.15) is 0 Å². The Hall–Kier alpha value is -3.29. The molecule has 0 bridgehead atoms. The van der Waals surface area contributed by atoms with Crippen LogP contribution in [-0.4, -0.2) is 78.1 Å². The number of carbonyl (C=O) groups excluding carboxylic acids is 1. The molecule has 3 rings (SSSR count). The van der Waals surface area contributed by atoms with Gasteiger partial charge in [-0.1, -0.05) is 26.0 Å². The molecule has 0 aliphatic carbocycles. The lowest BCUT2D eigenvalue weighted by molar-refractivity contribution is -0.139. The number of aliphatic hydroxyl groups excluding tert-OH is 4. The van der Waals surface area contributed by atoms with Gasteiger partial charge in [0.2, 0.25) is 0 Å². The molecule has 228 valence electrons. The number of nitrogens with zero attached hydrogens (tertiary/aromatic N) is 2. The number of aliphatic carboxylic acids is 1. The second-order valence-electron chi connectivity index (χ2n) is 10.4. The molecule has 0 saturated heterocycles. The zero-order chi connectivity index (χ0) is 31.0. The van der Waals surface area contributed by atoms with E-state index in [-0.39, 0.29) is 31.0 Å². The van der Waals surface area contributed by atoms with Gasteiger partial charge < -0.3 is 35.4 Å². The summed E-state index contributed by atoms with van der Waals surface area (Å²) in [6.07, 6.45) is -2.05. The number of halogens is 1. The number of rotatable bonds is 15. The first kappa shape index (κ1) is 33.2. The van der Waals surface area contributed by atoms with Crippen LogP contribution in [0.5, 0.6) is 0 Å². The molecule has 10 nitrogen and oxygen atoms in total. The topological polar surface area (TPSA) is 165 Å². The molecular weight excluding hydrogens is 565 g/mol. The van der Waals surface area contributed by atoms with Crippen LogP contribution < -0.4 is 5.32 Å². The molecule has 6 N–H and O–H groups in total. The number of carboxylic acid groups (broad SMARTS) is 1. The second-order valence-corrected chi connectivity index (χ2v) is 11.3. The first-order valence-corrected chi connectivity index (χ1v) is 14.9. The van der Waals surface area contributed by atoms with Crippen molar-refractivity contribution < 1.29 is 39.5 Å². The van der Waals surface area contributed by atoms with Gasteiger partial charge in [0.05, 0.1) is 37.0 Å². The summed E-state index contributed by atoms with van der Waals surface area (Å²) in [7, 11) is 0. The summed E-state index contributed by atoms with van der Waals surface area (Å²) >= 11 is 1.54. The minimum absolute atomic E-state index is 0.0492. The molecule has 0 unspecified atom stereocenters. The number of aromatic nitrogens is 2. The highest BCUT2D eigenvalue weighted by molar-refractivity contribution is 7.98. The molecule has 0 aliphatic rings. The van der Waals surface area contributed by atoms with Gasteiger partial charge in [0.25, 0.3) is 5.91 Å². The molecule has 1 aromatic heterocycles. The van der Waals surface area contributed by atoms with E-state index in [4.69, 9.17) is 5.11 Å². The van der Waals surface area contributed by atoms with Crippen molar-refractivity contribution in [1.82, 2.24) is 14.9 Å². The fourth-order valence-electron chi connectivity index (χ4n) is 4.75. The fraction of sp³-hybridized carbons (Fsp3) is 0.433. The molecule has 0 radical (unpaired) electrons. The van der Waals surface area contributed by atoms with Gasteiger partial charge in [0.1, 0.15) is 23.4 Å². The molecule has 12 heteroatoms. The largest absolute Gasteiger partial charge is 0.481 e. The maximum absolute atomic E-state index is 13.7. The van der Waals surface area contributed by atoms with E-state index in [1.807, 2.05) is 32.2 Å². The quantitative estimate of drug-likeness (QED) is 0.143. The van der Waals surface area contributed by atoms with Gasteiger partial charge in [-0.15, -0.1) is 11.8 Å². The third-order valence-corrected chi connectivity index (χ3v) is 7.61. The molecule has 0 spiro atoms. The van der Waals surface area contributed by atoms with Crippen LogP contribution in [0.3, 0.4) is 0 Å². The Bertz CT molecular complexity index is 1330. The Morgan fingerprint density at radius 2 is 1.67 bits per heavy atom. The molecule has 1 amide bonds. The molecular formula is C30H38FN3O7S. The Morgan fingerprint density at radius 3 is 2.21 bits per heavy atom. The predicted molar refractivity (Wildman–Crippen MR) is 157 cm³/mol. The van der Waals surface area contributed by atoms with Gasteiger partial charge in [0, 0.05) is 17.0 Å². The van der Waals surface area contributed by atoms with Crippen LogP contribution in [0.1, 0.15) is 66.9 Å². The number of benzene rings is 2. The molecule has 0 saturated carbocycles. The number of nitrogens with one attached hydrogen (secondary N) is 1. The number of aliphatic hydroxyl groups is 4. The minimum atomic E-state index is -1.22. The van der Waals surface area contributed by atoms with Crippen molar-refractivity contribution in [3.63, 3.8) is 0 Å². The van der Waals surface area contributed by atoms with E-state index in [0.717, 1.165) is 4.90 Å². The van der Waals surface area contributed by atoms with Crippen molar-refractivity contribution in [2.24, 2.45) is 0 Å². The smallest absolute Gasteiger partial charge is 0.305 e. The second kappa shape index (κ2) is 15.3. The van der Waals surface area contributed by atoms with Crippen LogP contribution in [0, 0.1) is 5.82 Å². The maximum atomic E-state index is 13.7. The summed E-state index contributed by atoms with van der Waals surface area (Å²) in [5.41, 5.74) is 1.60. The van der Waals surface area contributed by atoms with Crippen molar-refractivity contribution in [3.8, 4) is 11.4 Å². The van der Waals surface area contributed by atoms with Crippen LogP contribution in [-0.2, 0) is 11.3 Å². The van der Waals surface area contributed by atoms with E-state index in [1.54, 1.807) is 28.5 Å². The molecule has 0 fully saturated rings. The Morgan fingerprint density at radius 1 is 1.02 bits per heavy atom. The number of amides is 1. The number of carbonyl (C=O) groups is 2. The van der Waals surface area contributed by atoms with E-state index >= 15 is 0 Å². The third-order valence-electron chi connectivity index (χ3n) is 6.86. The van der Waals surface area contributed by atoms with Crippen molar-refractivity contribution in [2.45, 2.75) is 74.8 Å². The fourth-order valence-corrected chi connectivity index (χ4v) is 5.16. The summed E-state index contributed by atoms with van der Waals surface area (Å²) in [5, 5.41) is 53.0. The molecule has 2 aromatic carbocycles. The Labute approximate surface area is 248 Å². The van der Waals surface area contributed by atoms with Crippen LogP contribution in [0.15, 0.2) is 53.4 Å². The van der Waals surface area contributed by atoms with E-state index < -0.39 is 55.1 Å². The normalized spacial score (nSPS) is 14.4. The zero-order valence-corrected chi connectivity index (χ0v) is 24.6. The lowest BCUT2D eigenvalue weighted by atomic mass is 10.0. The monoisotopic (exact) mass is 603 g/mol. The van der Waals surface area contributed by atoms with Gasteiger partial charge >= 0.3 is 5.97 Å². The van der Waals surface area contributed by atoms with E-state index in [9.17, 15) is 34.4 Å². The van der Waals surface area contributed by atoms with Gasteiger partial charge in [0.15, 0.2) is 0 Å². The highest BCUT2D eigenvalue weighted by atomic mass is 32.2. The highest BCUT2D eigenvalue weighted by Gasteiger charge is 2.29. The van der Waals surface area contributed by atoms with Crippen molar-refractivity contribution >= 4 is 23.6 Å². The van der Waals surface area contributed by atoms with Crippen molar-refractivity contribution in [2.75, 3.05) is 12.9 Å². The SMILES string of the molecule is CSc1ccc([C@@H](O)[C@H](CO)NC(=O)c2nc(-c3ccc(F)cc3)n(CC[C@@H](O)C[C@@H](O)CC(=O)O)c2C(C)C)cc1. The first-order chi connectivity index (χ1) is 19.9. The maximum Gasteiger partial charge on any atom is 0.305 e. The van der Waals surface area contributed by atoms with E-state index in [2.05, 4.69) is 10.3 Å². The van der Waals surface area contributed by atoms with Gasteiger partial charge in [-0.25, -0.2) is 9.37 Å². The summed E-state index contributed by atoms with van der Waals surface area (Å²) < 4.78 is 15.5. The number of hydrogen-bond donors (Lipinski definition) is 6. The molecule has 1 heterocycles. The van der Waals surface area contributed by atoms with Crippen molar-refractivity contribution in [3.05, 3.63) is 71.3 Å². The van der Waals surface area contributed by atoms with Crippen LogP contribution >= 0.6 is 11.8 Å². The summed E-state index contributed by atoms with van der Waals surface area (Å²) in [4.78, 5) is 30.1. The van der Waals surface area contributed by atoms with Crippen LogP contribution in [0.25, 0.3) is 11.4 Å². The van der Waals surface area contributed by atoms with Crippen LogP contribution in [0.2, 0.25) is 0 Å². The molecule has 0 aliphatic heterocycles. The van der Waals surface area contributed by atoms with Crippen molar-refractivity contribution in [1.29, 1.82) is 0 Å². The first-order valence-electron chi connectivity index (χ1n) is 13.6. The summed E-state index contributed by atoms with van der Waals surface area (Å²) in [6.45, 7) is 3.34. The lowest BCUT2D eigenvalue weighted by Gasteiger charge is -2.23. The van der Waals surface area contributed by atoms with E-state index in [0.29, 0.717) is 22.6 Å². The molecule has 42 heavy (non-hydrogen) atoms. The highest BCUT2D eigenvalue weighted by Crippen LogP contribution is 2.30. The van der Waals surface area contributed by atoms with E-state index in [1.165, 1.54) is 24.3 Å². The number of thioether (sulfide) groups is 1. The lowest BCUT2D eigenvalue weighted by Crippen LogP contribution is -2.42. The Balaban J connectivity index is 1.94. The Kier molecular flexibility index (Phi) is 12.1. The average molecular weight is 604 g/mol. The zero-order valence-electron chi connectivity index (χ0n) is 23.8. The van der Waals surface area contributed by atoms with Crippen LogP contribution in [0.4, 0.5) is 4.39 Å². The minimum Gasteiger partial charge on any atom is -0.481 e. The number of carboxylic acids is 1. The number of hydrogen-bond acceptors (Lipinski definition) is 8. The third kappa shape index (κ3) is 8.62. The average Bonchev–Trinajstić information content (AvgIpc) is 3.34.